The van der Waals surface area contributed by atoms with Gasteiger partial charge < -0.3 is 9.84 Å². The van der Waals surface area contributed by atoms with E-state index in [0.29, 0.717) is 23.1 Å². The second-order valence-electron chi connectivity index (χ2n) is 5.50. The third-order valence-electron chi connectivity index (χ3n) is 3.42. The summed E-state index contributed by atoms with van der Waals surface area (Å²) in [6.07, 6.45) is -0.636. The molecule has 0 spiro atoms. The summed E-state index contributed by atoms with van der Waals surface area (Å²) in [6.45, 7) is 4.24. The van der Waals surface area contributed by atoms with E-state index in [1.807, 2.05) is 24.3 Å². The van der Waals surface area contributed by atoms with Crippen molar-refractivity contribution in [2.24, 2.45) is 0 Å². The summed E-state index contributed by atoms with van der Waals surface area (Å²) in [5.41, 5.74) is 2.16. The molecule has 1 atom stereocenters. The summed E-state index contributed by atoms with van der Waals surface area (Å²) >= 11 is 5.89. The number of halogens is 1. The van der Waals surface area contributed by atoms with Gasteiger partial charge in [0.1, 0.15) is 5.75 Å². The lowest BCUT2D eigenvalue weighted by Gasteiger charge is -2.16. The van der Waals surface area contributed by atoms with Gasteiger partial charge in [0.25, 0.3) is 0 Å². The van der Waals surface area contributed by atoms with Crippen LogP contribution >= 0.6 is 11.6 Å². The van der Waals surface area contributed by atoms with Crippen LogP contribution in [0.5, 0.6) is 5.75 Å². The van der Waals surface area contributed by atoms with E-state index < -0.39 is 12.1 Å². The van der Waals surface area contributed by atoms with Crippen molar-refractivity contribution < 1.29 is 14.6 Å². The van der Waals surface area contributed by atoms with Gasteiger partial charge in [0.15, 0.2) is 6.10 Å². The fourth-order valence-corrected chi connectivity index (χ4v) is 2.32. The molecule has 3 nitrogen and oxygen atoms in total. The zero-order valence-corrected chi connectivity index (χ0v) is 13.4. The zero-order valence-electron chi connectivity index (χ0n) is 12.6. The van der Waals surface area contributed by atoms with Gasteiger partial charge in [-0.3, -0.25) is 0 Å². The summed E-state index contributed by atoms with van der Waals surface area (Å²) in [5, 5.41) is 9.87. The Hall–Kier alpha value is -2.00. The van der Waals surface area contributed by atoms with Gasteiger partial charge in [0.05, 0.1) is 0 Å². The monoisotopic (exact) mass is 318 g/mol. The van der Waals surface area contributed by atoms with Gasteiger partial charge in [-0.25, -0.2) is 4.79 Å². The minimum atomic E-state index is -0.993. The number of hydrogen-bond acceptors (Lipinski definition) is 2. The second-order valence-corrected chi connectivity index (χ2v) is 5.94. The van der Waals surface area contributed by atoms with Crippen LogP contribution in [0.3, 0.4) is 0 Å². The minimum Gasteiger partial charge on any atom is -0.478 e. The van der Waals surface area contributed by atoms with E-state index in [0.717, 1.165) is 5.56 Å². The molecule has 22 heavy (non-hydrogen) atoms. The normalized spacial score (nSPS) is 12.2. The topological polar surface area (TPSA) is 46.5 Å². The van der Waals surface area contributed by atoms with Crippen LogP contribution in [-0.2, 0) is 11.2 Å². The van der Waals surface area contributed by atoms with Gasteiger partial charge in [-0.1, -0.05) is 55.8 Å². The van der Waals surface area contributed by atoms with Gasteiger partial charge in [0, 0.05) is 11.4 Å². The number of ether oxygens (including phenoxy) is 1. The van der Waals surface area contributed by atoms with Crippen molar-refractivity contribution >= 4 is 17.6 Å². The third kappa shape index (κ3) is 4.50. The summed E-state index contributed by atoms with van der Waals surface area (Å²) in [4.78, 5) is 11.4. The number of benzene rings is 2. The number of carboxylic acids is 1. The highest BCUT2D eigenvalue weighted by Crippen LogP contribution is 2.20. The van der Waals surface area contributed by atoms with Crippen molar-refractivity contribution in [2.75, 3.05) is 0 Å². The maximum Gasteiger partial charge on any atom is 0.345 e. The van der Waals surface area contributed by atoms with E-state index >= 15 is 0 Å². The molecule has 0 saturated carbocycles. The SMILES string of the molecule is CC(C)c1ccc(C[C@@H](Oc2cccc(Cl)c2)C(=O)O)cc1. The van der Waals surface area contributed by atoms with E-state index in [9.17, 15) is 9.90 Å². The molecule has 0 aliphatic heterocycles. The van der Waals surface area contributed by atoms with Crippen LogP contribution in [-0.4, -0.2) is 17.2 Å². The number of carboxylic acid groups (broad SMARTS) is 1. The predicted molar refractivity (Wildman–Crippen MR) is 87.7 cm³/mol. The predicted octanol–water partition coefficient (Wildman–Crippen LogP) is 4.54. The van der Waals surface area contributed by atoms with Crippen molar-refractivity contribution in [3.8, 4) is 5.75 Å². The van der Waals surface area contributed by atoms with Gasteiger partial charge in [0.2, 0.25) is 0 Å². The average Bonchev–Trinajstić information content (AvgIpc) is 2.47. The maximum atomic E-state index is 11.4. The molecule has 1 N–H and O–H groups in total. The van der Waals surface area contributed by atoms with E-state index in [-0.39, 0.29) is 0 Å². The average molecular weight is 319 g/mol. The Kier molecular flexibility index (Phi) is 5.45. The first-order valence-corrected chi connectivity index (χ1v) is 7.57. The van der Waals surface area contributed by atoms with E-state index in [2.05, 4.69) is 13.8 Å². The summed E-state index contributed by atoms with van der Waals surface area (Å²) < 4.78 is 5.55. The molecule has 2 aromatic carbocycles. The van der Waals surface area contributed by atoms with Gasteiger partial charge in [-0.15, -0.1) is 0 Å². The fourth-order valence-electron chi connectivity index (χ4n) is 2.14. The van der Waals surface area contributed by atoms with Crippen LogP contribution in [0.25, 0.3) is 0 Å². The standard InChI is InChI=1S/C18H19ClO3/c1-12(2)14-8-6-13(7-9-14)10-17(18(20)21)22-16-5-3-4-15(19)11-16/h3-9,11-12,17H,10H2,1-2H3,(H,20,21)/t17-/m1/s1. The lowest BCUT2D eigenvalue weighted by Crippen LogP contribution is -2.29. The van der Waals surface area contributed by atoms with Crippen LogP contribution in [0.1, 0.15) is 30.9 Å². The molecule has 0 unspecified atom stereocenters. The van der Waals surface area contributed by atoms with Crippen molar-refractivity contribution in [3.05, 3.63) is 64.7 Å². The Bertz CT molecular complexity index is 635. The molecule has 0 fully saturated rings. The quantitative estimate of drug-likeness (QED) is 0.850. The lowest BCUT2D eigenvalue weighted by molar-refractivity contribution is -0.145. The number of carbonyl (C=O) groups is 1. The molecule has 2 aromatic rings. The van der Waals surface area contributed by atoms with Crippen LogP contribution in [0.2, 0.25) is 5.02 Å². The number of rotatable bonds is 6. The molecule has 2 rings (SSSR count). The smallest absolute Gasteiger partial charge is 0.345 e. The molecule has 4 heteroatoms. The van der Waals surface area contributed by atoms with E-state index in [1.54, 1.807) is 24.3 Å². The Morgan fingerprint density at radius 1 is 1.18 bits per heavy atom. The molecule has 0 radical (unpaired) electrons. The number of hydrogen-bond donors (Lipinski definition) is 1. The molecular formula is C18H19ClO3. The van der Waals surface area contributed by atoms with Crippen LogP contribution < -0.4 is 4.74 Å². The highest BCUT2D eigenvalue weighted by molar-refractivity contribution is 6.30. The Morgan fingerprint density at radius 3 is 2.41 bits per heavy atom. The van der Waals surface area contributed by atoms with Crippen molar-refractivity contribution in [3.63, 3.8) is 0 Å². The Balaban J connectivity index is 2.10. The van der Waals surface area contributed by atoms with Crippen molar-refractivity contribution in [1.82, 2.24) is 0 Å². The minimum absolute atomic E-state index is 0.306. The molecular weight excluding hydrogens is 300 g/mol. The zero-order chi connectivity index (χ0) is 16.1. The summed E-state index contributed by atoms with van der Waals surface area (Å²) in [6, 6.07) is 14.7. The van der Waals surface area contributed by atoms with Gasteiger partial charge >= 0.3 is 5.97 Å². The maximum absolute atomic E-state index is 11.4. The van der Waals surface area contributed by atoms with Crippen molar-refractivity contribution in [1.29, 1.82) is 0 Å². The molecule has 0 aliphatic carbocycles. The molecule has 0 aromatic heterocycles. The first-order valence-electron chi connectivity index (χ1n) is 7.19. The van der Waals surface area contributed by atoms with Crippen LogP contribution in [0.4, 0.5) is 0 Å². The highest BCUT2D eigenvalue weighted by atomic mass is 35.5. The molecule has 0 saturated heterocycles. The molecule has 0 amide bonds. The summed E-state index contributed by atoms with van der Waals surface area (Å²) in [5.74, 6) is -0.0846. The first kappa shape index (κ1) is 16.4. The van der Waals surface area contributed by atoms with Crippen molar-refractivity contribution in [2.45, 2.75) is 32.3 Å². The molecule has 116 valence electrons. The Labute approximate surface area is 135 Å². The van der Waals surface area contributed by atoms with E-state index in [4.69, 9.17) is 16.3 Å². The van der Waals surface area contributed by atoms with Gasteiger partial charge in [-0.2, -0.15) is 0 Å². The van der Waals surface area contributed by atoms with Crippen LogP contribution in [0.15, 0.2) is 48.5 Å². The largest absolute Gasteiger partial charge is 0.478 e. The molecule has 0 aliphatic rings. The lowest BCUT2D eigenvalue weighted by atomic mass is 10.00. The fraction of sp³-hybridized carbons (Fsp3) is 0.278. The third-order valence-corrected chi connectivity index (χ3v) is 3.65. The highest BCUT2D eigenvalue weighted by Gasteiger charge is 2.20. The Morgan fingerprint density at radius 2 is 1.86 bits per heavy atom. The van der Waals surface area contributed by atoms with E-state index in [1.165, 1.54) is 5.56 Å². The van der Waals surface area contributed by atoms with Gasteiger partial charge in [-0.05, 0) is 35.2 Å². The number of aliphatic carboxylic acids is 1. The molecule has 0 bridgehead atoms. The molecule has 0 heterocycles. The summed E-state index contributed by atoms with van der Waals surface area (Å²) in [7, 11) is 0. The first-order chi connectivity index (χ1) is 10.5. The second kappa shape index (κ2) is 7.32. The van der Waals surface area contributed by atoms with Crippen LogP contribution in [0, 0.1) is 0 Å².